The van der Waals surface area contributed by atoms with Crippen LogP contribution in [0.1, 0.15) is 73.3 Å². The SMILES string of the molecule is Cc1ccc([C@H]2CC(O)C[C@@H](CO)O2)cc1Cc1ccc(OC2(CO)CCCCC2)cc1. The van der Waals surface area contributed by atoms with E-state index >= 15 is 0 Å². The van der Waals surface area contributed by atoms with E-state index in [2.05, 4.69) is 37.3 Å². The summed E-state index contributed by atoms with van der Waals surface area (Å²) in [6.07, 6.45) is 6.12. The van der Waals surface area contributed by atoms with Crippen molar-refractivity contribution >= 4 is 0 Å². The number of aryl methyl sites for hydroxylation is 1. The highest BCUT2D eigenvalue weighted by molar-refractivity contribution is 5.38. The number of hydrogen-bond acceptors (Lipinski definition) is 5. The maximum atomic E-state index is 10.2. The third-order valence-electron chi connectivity index (χ3n) is 7.03. The maximum absolute atomic E-state index is 10.2. The van der Waals surface area contributed by atoms with Gasteiger partial charge in [0.25, 0.3) is 0 Å². The van der Waals surface area contributed by atoms with Crippen molar-refractivity contribution in [1.82, 2.24) is 0 Å². The second-order valence-electron chi connectivity index (χ2n) is 9.57. The zero-order chi connectivity index (χ0) is 22.6. The van der Waals surface area contributed by atoms with Crippen molar-refractivity contribution in [2.45, 2.75) is 82.2 Å². The van der Waals surface area contributed by atoms with E-state index in [4.69, 9.17) is 9.47 Å². The van der Waals surface area contributed by atoms with Crippen LogP contribution in [0.15, 0.2) is 42.5 Å². The van der Waals surface area contributed by atoms with E-state index in [9.17, 15) is 15.3 Å². The number of ether oxygens (including phenoxy) is 2. The second kappa shape index (κ2) is 10.3. The molecule has 5 nitrogen and oxygen atoms in total. The summed E-state index contributed by atoms with van der Waals surface area (Å²) in [5, 5.41) is 29.5. The number of rotatable bonds is 7. The maximum Gasteiger partial charge on any atom is 0.132 e. The lowest BCUT2D eigenvalue weighted by Gasteiger charge is -2.36. The van der Waals surface area contributed by atoms with Gasteiger partial charge in [0.15, 0.2) is 0 Å². The second-order valence-corrected chi connectivity index (χ2v) is 9.57. The van der Waals surface area contributed by atoms with Crippen molar-refractivity contribution in [2.75, 3.05) is 13.2 Å². The molecule has 2 aromatic rings. The van der Waals surface area contributed by atoms with Gasteiger partial charge in [-0.05, 0) is 73.4 Å². The van der Waals surface area contributed by atoms with Crippen LogP contribution in [-0.2, 0) is 11.2 Å². The van der Waals surface area contributed by atoms with Crippen molar-refractivity contribution in [3.05, 3.63) is 64.7 Å². The number of benzene rings is 2. The van der Waals surface area contributed by atoms with Crippen LogP contribution in [0.25, 0.3) is 0 Å². The summed E-state index contributed by atoms with van der Waals surface area (Å²) in [5.74, 6) is 0.815. The molecule has 1 aliphatic heterocycles. The van der Waals surface area contributed by atoms with Gasteiger partial charge >= 0.3 is 0 Å². The van der Waals surface area contributed by atoms with Crippen molar-refractivity contribution in [2.24, 2.45) is 0 Å². The molecule has 2 aromatic carbocycles. The zero-order valence-corrected chi connectivity index (χ0v) is 19.0. The fraction of sp³-hybridized carbons (Fsp3) is 0.556. The number of hydrogen-bond donors (Lipinski definition) is 3. The van der Waals surface area contributed by atoms with Crippen LogP contribution in [0, 0.1) is 6.92 Å². The average Bonchev–Trinajstić information content (AvgIpc) is 2.82. The normalized spacial score (nSPS) is 25.4. The minimum Gasteiger partial charge on any atom is -0.485 e. The molecule has 2 aliphatic rings. The third-order valence-corrected chi connectivity index (χ3v) is 7.03. The fourth-order valence-corrected chi connectivity index (χ4v) is 5.04. The van der Waals surface area contributed by atoms with Gasteiger partial charge in [0.05, 0.1) is 31.5 Å². The van der Waals surface area contributed by atoms with Crippen molar-refractivity contribution < 1.29 is 24.8 Å². The Balaban J connectivity index is 1.45. The van der Waals surface area contributed by atoms with Gasteiger partial charge in [-0.25, -0.2) is 0 Å². The molecule has 1 heterocycles. The summed E-state index contributed by atoms with van der Waals surface area (Å²) in [7, 11) is 0. The molecule has 0 aromatic heterocycles. The molecule has 3 N–H and O–H groups in total. The lowest BCUT2D eigenvalue weighted by Crippen LogP contribution is -2.41. The molecule has 0 bridgehead atoms. The number of aliphatic hydroxyl groups is 3. The van der Waals surface area contributed by atoms with E-state index in [0.717, 1.165) is 43.4 Å². The largest absolute Gasteiger partial charge is 0.485 e. The lowest BCUT2D eigenvalue weighted by atomic mass is 9.85. The van der Waals surface area contributed by atoms with Gasteiger partial charge in [0, 0.05) is 12.8 Å². The molecule has 3 atom stereocenters. The summed E-state index contributed by atoms with van der Waals surface area (Å²) < 4.78 is 12.2. The summed E-state index contributed by atoms with van der Waals surface area (Å²) in [6, 6.07) is 14.5. The molecule has 0 amide bonds. The van der Waals surface area contributed by atoms with Crippen molar-refractivity contribution in [1.29, 1.82) is 0 Å². The van der Waals surface area contributed by atoms with Crippen LogP contribution in [0.2, 0.25) is 0 Å². The van der Waals surface area contributed by atoms with E-state index in [1.807, 2.05) is 12.1 Å². The lowest BCUT2D eigenvalue weighted by molar-refractivity contribution is -0.113. The monoisotopic (exact) mass is 440 g/mol. The highest BCUT2D eigenvalue weighted by Crippen LogP contribution is 2.34. The molecule has 1 saturated heterocycles. The molecule has 4 rings (SSSR count). The Bertz CT molecular complexity index is 872. The van der Waals surface area contributed by atoms with Gasteiger partial charge in [-0.15, -0.1) is 0 Å². The first-order chi connectivity index (χ1) is 15.5. The predicted octanol–water partition coefficient (Wildman–Crippen LogP) is 4.23. The van der Waals surface area contributed by atoms with E-state index in [1.165, 1.54) is 23.1 Å². The summed E-state index contributed by atoms with van der Waals surface area (Å²) >= 11 is 0. The Morgan fingerprint density at radius 1 is 1.00 bits per heavy atom. The Hall–Kier alpha value is -1.92. The minimum atomic E-state index is -0.449. The molecule has 174 valence electrons. The van der Waals surface area contributed by atoms with E-state index in [-0.39, 0.29) is 25.4 Å². The zero-order valence-electron chi connectivity index (χ0n) is 19.0. The molecule has 0 radical (unpaired) electrons. The molecule has 32 heavy (non-hydrogen) atoms. The molecule has 0 spiro atoms. The average molecular weight is 441 g/mol. The van der Waals surface area contributed by atoms with Crippen LogP contribution < -0.4 is 4.74 Å². The van der Waals surface area contributed by atoms with E-state index in [0.29, 0.717) is 12.8 Å². The van der Waals surface area contributed by atoms with Gasteiger partial charge in [0.2, 0.25) is 0 Å². The predicted molar refractivity (Wildman–Crippen MR) is 124 cm³/mol. The third kappa shape index (κ3) is 5.52. The summed E-state index contributed by atoms with van der Waals surface area (Å²) in [6.45, 7) is 2.10. The first-order valence-electron chi connectivity index (χ1n) is 11.9. The van der Waals surface area contributed by atoms with Crippen LogP contribution in [0.3, 0.4) is 0 Å². The van der Waals surface area contributed by atoms with Gasteiger partial charge in [0.1, 0.15) is 11.4 Å². The molecular weight excluding hydrogens is 404 g/mol. The van der Waals surface area contributed by atoms with E-state index in [1.54, 1.807) is 0 Å². The standard InChI is InChI=1S/C27H36O5/c1-19-5-8-21(26-16-23(30)15-25(17-28)31-26)14-22(19)13-20-6-9-24(10-7-20)32-27(18-29)11-3-2-4-12-27/h5-10,14,23,25-26,28-30H,2-4,11-13,15-18H2,1H3/t23?,25-,26+/m0/s1. The van der Waals surface area contributed by atoms with Crippen molar-refractivity contribution in [3.63, 3.8) is 0 Å². The molecule has 1 aliphatic carbocycles. The van der Waals surface area contributed by atoms with E-state index < -0.39 is 11.7 Å². The summed E-state index contributed by atoms with van der Waals surface area (Å²) in [4.78, 5) is 0. The fourth-order valence-electron chi connectivity index (χ4n) is 5.04. The Labute approximate surface area is 191 Å². The highest BCUT2D eigenvalue weighted by atomic mass is 16.5. The Morgan fingerprint density at radius 2 is 1.75 bits per heavy atom. The Morgan fingerprint density at radius 3 is 2.44 bits per heavy atom. The highest BCUT2D eigenvalue weighted by Gasteiger charge is 2.33. The smallest absolute Gasteiger partial charge is 0.132 e. The minimum absolute atomic E-state index is 0.0653. The molecule has 1 unspecified atom stereocenters. The van der Waals surface area contributed by atoms with Gasteiger partial charge in [-0.2, -0.15) is 0 Å². The first kappa shape index (κ1) is 23.2. The first-order valence-corrected chi connectivity index (χ1v) is 11.9. The molecule has 2 fully saturated rings. The van der Waals surface area contributed by atoms with Crippen LogP contribution in [-0.4, -0.2) is 46.3 Å². The van der Waals surface area contributed by atoms with Gasteiger partial charge in [-0.1, -0.05) is 36.8 Å². The van der Waals surface area contributed by atoms with Crippen LogP contribution >= 0.6 is 0 Å². The quantitative estimate of drug-likeness (QED) is 0.600. The Kier molecular flexibility index (Phi) is 7.51. The van der Waals surface area contributed by atoms with Crippen molar-refractivity contribution in [3.8, 4) is 5.75 Å². The number of aliphatic hydroxyl groups excluding tert-OH is 3. The van der Waals surface area contributed by atoms with Gasteiger partial charge < -0.3 is 24.8 Å². The topological polar surface area (TPSA) is 79.2 Å². The molecular formula is C27H36O5. The van der Waals surface area contributed by atoms with Crippen LogP contribution in [0.5, 0.6) is 5.75 Å². The molecule has 5 heteroatoms. The molecule has 1 saturated carbocycles. The summed E-state index contributed by atoms with van der Waals surface area (Å²) in [5.41, 5.74) is 4.24. The van der Waals surface area contributed by atoms with Gasteiger partial charge in [-0.3, -0.25) is 0 Å². The van der Waals surface area contributed by atoms with Crippen LogP contribution in [0.4, 0.5) is 0 Å².